The predicted octanol–water partition coefficient (Wildman–Crippen LogP) is 4.47. The molecule has 0 heterocycles. The van der Waals surface area contributed by atoms with E-state index in [0.717, 1.165) is 13.0 Å². The molecule has 90 valence electrons. The fraction of sp³-hybridized carbons (Fsp3) is 0.778. The highest BCUT2D eigenvalue weighted by molar-refractivity contribution is 4.98. The molecule has 0 aliphatic carbocycles. The first-order valence-electron chi connectivity index (χ1n) is 4.37. The van der Waals surface area contributed by atoms with E-state index in [1.807, 2.05) is 0 Å². The lowest BCUT2D eigenvalue weighted by molar-refractivity contribution is -0.341. The molecular weight excluding hydrogens is 222 g/mol. The van der Waals surface area contributed by atoms with E-state index in [1.54, 1.807) is 0 Å². The van der Waals surface area contributed by atoms with Crippen LogP contribution in [0.25, 0.3) is 0 Å². The van der Waals surface area contributed by atoms with Gasteiger partial charge in [-0.3, -0.25) is 0 Å². The molecule has 0 nitrogen and oxygen atoms in total. The first kappa shape index (κ1) is 14.3. The van der Waals surface area contributed by atoms with E-state index in [4.69, 9.17) is 0 Å². The summed E-state index contributed by atoms with van der Waals surface area (Å²) in [6.45, 7) is 2.28. The van der Waals surface area contributed by atoms with Gasteiger partial charge in [-0.15, -0.1) is 0 Å². The Morgan fingerprint density at radius 3 is 1.53 bits per heavy atom. The number of hydrogen-bond donors (Lipinski definition) is 0. The highest BCUT2D eigenvalue weighted by atomic mass is 19.4. The zero-order valence-corrected chi connectivity index (χ0v) is 8.34. The number of allylic oxidation sites excluding steroid dienone is 2. The van der Waals surface area contributed by atoms with Crippen LogP contribution in [0.3, 0.4) is 0 Å². The summed E-state index contributed by atoms with van der Waals surface area (Å²) in [7, 11) is 0. The summed E-state index contributed by atoms with van der Waals surface area (Å²) in [6.07, 6.45) is -10.6. The van der Waals surface area contributed by atoms with Gasteiger partial charge < -0.3 is 0 Å². The fourth-order valence-electron chi connectivity index (χ4n) is 1.26. The summed E-state index contributed by atoms with van der Waals surface area (Å²) in [5.41, 5.74) is -3.62. The molecule has 0 rings (SSSR count). The predicted molar refractivity (Wildman–Crippen MR) is 44.3 cm³/mol. The minimum Gasteiger partial charge on any atom is -0.170 e. The fourth-order valence-corrected chi connectivity index (χ4v) is 1.26. The lowest BCUT2D eigenvalue weighted by Gasteiger charge is -2.35. The van der Waals surface area contributed by atoms with Crippen LogP contribution in [-0.4, -0.2) is 12.4 Å². The molecule has 0 N–H and O–H groups in total. The van der Waals surface area contributed by atoms with Crippen LogP contribution in [0.5, 0.6) is 0 Å². The largest absolute Gasteiger partial charge is 0.403 e. The molecule has 0 aliphatic heterocycles. The quantitative estimate of drug-likeness (QED) is 0.499. The van der Waals surface area contributed by atoms with Crippen molar-refractivity contribution in [2.75, 3.05) is 0 Å². The summed E-state index contributed by atoms with van der Waals surface area (Å²) in [5.74, 6) is 0. The van der Waals surface area contributed by atoms with Crippen LogP contribution in [0.15, 0.2) is 12.2 Å². The van der Waals surface area contributed by atoms with Crippen LogP contribution in [0.4, 0.5) is 26.3 Å². The van der Waals surface area contributed by atoms with Crippen LogP contribution >= 0.6 is 0 Å². The highest BCUT2D eigenvalue weighted by Crippen LogP contribution is 2.54. The third-order valence-electron chi connectivity index (χ3n) is 2.39. The first-order chi connectivity index (χ1) is 6.62. The third kappa shape index (κ3) is 2.66. The van der Waals surface area contributed by atoms with Gasteiger partial charge in [-0.05, 0) is 19.8 Å². The van der Waals surface area contributed by atoms with Crippen molar-refractivity contribution in [2.24, 2.45) is 5.41 Å². The van der Waals surface area contributed by atoms with Crippen molar-refractivity contribution < 1.29 is 26.3 Å². The van der Waals surface area contributed by atoms with Gasteiger partial charge in [0.1, 0.15) is 0 Å². The molecule has 6 heteroatoms. The maximum atomic E-state index is 12.4. The van der Waals surface area contributed by atoms with E-state index in [2.05, 4.69) is 0 Å². The Hall–Kier alpha value is -0.680. The van der Waals surface area contributed by atoms with Gasteiger partial charge in [-0.1, -0.05) is 19.1 Å². The smallest absolute Gasteiger partial charge is 0.170 e. The Bertz CT molecular complexity index is 208. The van der Waals surface area contributed by atoms with Crippen molar-refractivity contribution in [3.05, 3.63) is 12.2 Å². The van der Waals surface area contributed by atoms with Crippen molar-refractivity contribution in [2.45, 2.75) is 39.0 Å². The van der Waals surface area contributed by atoms with Crippen molar-refractivity contribution in [3.8, 4) is 0 Å². The van der Waals surface area contributed by atoms with Gasteiger partial charge >= 0.3 is 12.4 Å². The van der Waals surface area contributed by atoms with E-state index in [1.165, 1.54) is 13.0 Å². The molecule has 0 amide bonds. The Balaban J connectivity index is 5.32. The van der Waals surface area contributed by atoms with E-state index in [0.29, 0.717) is 0 Å². The van der Waals surface area contributed by atoms with E-state index >= 15 is 0 Å². The molecule has 0 aromatic rings. The monoisotopic (exact) mass is 234 g/mol. The highest BCUT2D eigenvalue weighted by Gasteiger charge is 2.68. The lowest BCUT2D eigenvalue weighted by atomic mass is 9.80. The van der Waals surface area contributed by atoms with E-state index in [9.17, 15) is 26.3 Å². The van der Waals surface area contributed by atoms with Crippen LogP contribution in [0.2, 0.25) is 0 Å². The van der Waals surface area contributed by atoms with Crippen LogP contribution < -0.4 is 0 Å². The molecule has 0 aliphatic rings. The second-order valence-electron chi connectivity index (χ2n) is 3.20. The molecule has 0 bridgehead atoms. The average molecular weight is 234 g/mol. The second-order valence-corrected chi connectivity index (χ2v) is 3.20. The van der Waals surface area contributed by atoms with Gasteiger partial charge in [0.2, 0.25) is 0 Å². The summed E-state index contributed by atoms with van der Waals surface area (Å²) in [6, 6.07) is 0. The Morgan fingerprint density at radius 1 is 0.933 bits per heavy atom. The molecule has 0 fully saturated rings. The van der Waals surface area contributed by atoms with Gasteiger partial charge in [0.05, 0.1) is 0 Å². The summed E-state index contributed by atoms with van der Waals surface area (Å²) >= 11 is 0. The van der Waals surface area contributed by atoms with Crippen molar-refractivity contribution >= 4 is 0 Å². The normalized spacial score (nSPS) is 14.9. The lowest BCUT2D eigenvalue weighted by Crippen LogP contribution is -2.49. The molecular formula is C9H12F6. The minimum atomic E-state index is -5.28. The van der Waals surface area contributed by atoms with Gasteiger partial charge in [-0.25, -0.2) is 0 Å². The van der Waals surface area contributed by atoms with Crippen molar-refractivity contribution in [3.63, 3.8) is 0 Å². The van der Waals surface area contributed by atoms with Crippen LogP contribution in [0.1, 0.15) is 26.7 Å². The molecule has 0 unspecified atom stereocenters. The number of alkyl halides is 6. The number of halogens is 6. The SMILES string of the molecule is CC=CCC(CC)(C(F)(F)F)C(F)(F)F. The first-order valence-corrected chi connectivity index (χ1v) is 4.37. The Kier molecular flexibility index (Phi) is 4.25. The van der Waals surface area contributed by atoms with Gasteiger partial charge in [0, 0.05) is 0 Å². The molecule has 0 aromatic carbocycles. The summed E-state index contributed by atoms with van der Waals surface area (Å²) in [4.78, 5) is 0. The molecule has 0 atom stereocenters. The molecule has 0 aromatic heterocycles. The van der Waals surface area contributed by atoms with Crippen molar-refractivity contribution in [1.82, 2.24) is 0 Å². The van der Waals surface area contributed by atoms with Crippen LogP contribution in [-0.2, 0) is 0 Å². The number of hydrogen-bond acceptors (Lipinski definition) is 0. The molecule has 0 saturated carbocycles. The molecule has 15 heavy (non-hydrogen) atoms. The molecule has 0 radical (unpaired) electrons. The Labute approximate surface area is 84.0 Å². The summed E-state index contributed by atoms with van der Waals surface area (Å²) < 4.78 is 74.6. The third-order valence-corrected chi connectivity index (χ3v) is 2.39. The van der Waals surface area contributed by atoms with E-state index < -0.39 is 30.6 Å². The zero-order valence-electron chi connectivity index (χ0n) is 8.34. The second kappa shape index (κ2) is 4.45. The average Bonchev–Trinajstić information content (AvgIpc) is 2.01. The molecule has 0 saturated heterocycles. The summed E-state index contributed by atoms with van der Waals surface area (Å²) in [5, 5.41) is 0. The topological polar surface area (TPSA) is 0 Å². The minimum absolute atomic E-state index is 0.893. The Morgan fingerprint density at radius 2 is 1.33 bits per heavy atom. The zero-order chi connectivity index (χ0) is 12.3. The van der Waals surface area contributed by atoms with Crippen LogP contribution in [0, 0.1) is 5.41 Å². The van der Waals surface area contributed by atoms with Gasteiger partial charge in [0.15, 0.2) is 5.41 Å². The van der Waals surface area contributed by atoms with Crippen molar-refractivity contribution in [1.29, 1.82) is 0 Å². The van der Waals surface area contributed by atoms with Gasteiger partial charge in [0.25, 0.3) is 0 Å². The number of rotatable bonds is 3. The molecule has 0 spiro atoms. The standard InChI is InChI=1S/C9H12F6/c1-3-5-6-7(4-2,8(10,11)12)9(13,14)15/h3,5H,4,6H2,1-2H3. The van der Waals surface area contributed by atoms with E-state index in [-0.39, 0.29) is 0 Å². The maximum Gasteiger partial charge on any atom is 0.403 e. The van der Waals surface area contributed by atoms with Gasteiger partial charge in [-0.2, -0.15) is 26.3 Å². The maximum absolute atomic E-state index is 12.4.